The number of nitrogens with one attached hydrogen (secondary N) is 1. The number of hydrogen-bond acceptors (Lipinski definition) is 5. The highest BCUT2D eigenvalue weighted by Crippen LogP contribution is 2.34. The van der Waals surface area contributed by atoms with E-state index in [0.717, 1.165) is 64.2 Å². The maximum atomic E-state index is 6.13. The van der Waals surface area contributed by atoms with Crippen molar-refractivity contribution >= 4 is 35.9 Å². The first-order valence-corrected chi connectivity index (χ1v) is 10.7. The number of aliphatic imine (C=N–C) groups is 1. The number of anilines is 1. The molecule has 2 fully saturated rings. The third kappa shape index (κ3) is 6.67. The molecule has 29 heavy (non-hydrogen) atoms. The Morgan fingerprint density at radius 1 is 1.21 bits per heavy atom. The van der Waals surface area contributed by atoms with Gasteiger partial charge in [-0.05, 0) is 31.2 Å². The second-order valence-corrected chi connectivity index (χ2v) is 8.78. The Labute approximate surface area is 192 Å². The van der Waals surface area contributed by atoms with Gasteiger partial charge in [0.1, 0.15) is 0 Å². The number of ether oxygens (including phenoxy) is 1. The fourth-order valence-electron chi connectivity index (χ4n) is 4.19. The van der Waals surface area contributed by atoms with Crippen molar-refractivity contribution < 1.29 is 4.74 Å². The molecule has 3 rings (SSSR count). The second-order valence-electron chi connectivity index (χ2n) is 8.78. The molecule has 3 heterocycles. The molecule has 0 aliphatic carbocycles. The van der Waals surface area contributed by atoms with Gasteiger partial charge >= 0.3 is 0 Å². The topological polar surface area (TPSA) is 65.9 Å². The van der Waals surface area contributed by atoms with Crippen LogP contribution in [0.5, 0.6) is 0 Å². The monoisotopic (exact) mass is 516 g/mol. The number of guanidine groups is 1. The number of piperazine rings is 1. The fraction of sp³-hybridized carbons (Fsp3) is 0.762. The highest BCUT2D eigenvalue weighted by molar-refractivity contribution is 14.0. The van der Waals surface area contributed by atoms with Gasteiger partial charge in [0.2, 0.25) is 5.95 Å². The third-order valence-corrected chi connectivity index (χ3v) is 5.52. The standard InChI is InChI=1S/C21H36N6O.HI/c1-5-22-19(25-16-17-8-6-15-28-18(17)21(2,3)4)26-11-13-27(14-12-26)20-23-9-7-10-24-20;/h7,9-10,17-18H,5-6,8,11-16H2,1-4H3,(H,22,25);1H. The average molecular weight is 516 g/mol. The van der Waals surface area contributed by atoms with E-state index in [9.17, 15) is 0 Å². The zero-order valence-electron chi connectivity index (χ0n) is 18.3. The van der Waals surface area contributed by atoms with Crippen molar-refractivity contribution in [3.63, 3.8) is 0 Å². The van der Waals surface area contributed by atoms with Gasteiger partial charge in [-0.25, -0.2) is 9.97 Å². The first-order valence-electron chi connectivity index (χ1n) is 10.7. The maximum Gasteiger partial charge on any atom is 0.225 e. The quantitative estimate of drug-likeness (QED) is 0.377. The smallest absolute Gasteiger partial charge is 0.225 e. The number of hydrogen-bond donors (Lipinski definition) is 1. The van der Waals surface area contributed by atoms with E-state index in [2.05, 4.69) is 52.8 Å². The molecular formula is C21H37IN6O. The molecule has 0 radical (unpaired) electrons. The van der Waals surface area contributed by atoms with Gasteiger partial charge < -0.3 is 19.9 Å². The number of halogens is 1. The zero-order chi connectivity index (χ0) is 20.0. The van der Waals surface area contributed by atoms with E-state index in [1.54, 1.807) is 12.4 Å². The first-order chi connectivity index (χ1) is 13.5. The minimum absolute atomic E-state index is 0. The van der Waals surface area contributed by atoms with Crippen molar-refractivity contribution in [2.45, 2.75) is 46.6 Å². The Balaban J connectivity index is 0.00000300. The summed E-state index contributed by atoms with van der Waals surface area (Å²) in [4.78, 5) is 18.4. The van der Waals surface area contributed by atoms with Crippen LogP contribution in [0.1, 0.15) is 40.5 Å². The molecule has 8 heteroatoms. The molecule has 1 aromatic rings. The summed E-state index contributed by atoms with van der Waals surface area (Å²) < 4.78 is 6.13. The second kappa shape index (κ2) is 11.3. The van der Waals surface area contributed by atoms with Crippen molar-refractivity contribution in [2.75, 3.05) is 50.8 Å². The average Bonchev–Trinajstić information content (AvgIpc) is 2.71. The SMILES string of the molecule is CCNC(=NCC1CCCOC1C(C)(C)C)N1CCN(c2ncccn2)CC1.I. The van der Waals surface area contributed by atoms with Crippen molar-refractivity contribution in [3.05, 3.63) is 18.5 Å². The van der Waals surface area contributed by atoms with Crippen LogP contribution in [0.2, 0.25) is 0 Å². The molecule has 0 saturated carbocycles. The largest absolute Gasteiger partial charge is 0.377 e. The summed E-state index contributed by atoms with van der Waals surface area (Å²) in [5, 5.41) is 3.49. The van der Waals surface area contributed by atoms with Crippen LogP contribution in [0, 0.1) is 11.3 Å². The molecule has 0 amide bonds. The van der Waals surface area contributed by atoms with Gasteiger partial charge in [0, 0.05) is 64.2 Å². The summed E-state index contributed by atoms with van der Waals surface area (Å²) in [7, 11) is 0. The van der Waals surface area contributed by atoms with E-state index in [0.29, 0.717) is 5.92 Å². The lowest BCUT2D eigenvalue weighted by Gasteiger charge is -2.40. The van der Waals surface area contributed by atoms with Crippen LogP contribution in [-0.4, -0.2) is 72.8 Å². The summed E-state index contributed by atoms with van der Waals surface area (Å²) in [5.74, 6) is 2.33. The minimum Gasteiger partial charge on any atom is -0.377 e. The highest BCUT2D eigenvalue weighted by atomic mass is 127. The van der Waals surface area contributed by atoms with Crippen LogP contribution >= 0.6 is 24.0 Å². The highest BCUT2D eigenvalue weighted by Gasteiger charge is 2.35. The first kappa shape index (κ1) is 24.1. The lowest BCUT2D eigenvalue weighted by Crippen LogP contribution is -2.53. The Bertz CT molecular complexity index is 628. The van der Waals surface area contributed by atoms with E-state index in [1.165, 1.54) is 6.42 Å². The predicted molar refractivity (Wildman–Crippen MR) is 129 cm³/mol. The van der Waals surface area contributed by atoms with Gasteiger partial charge in [0.15, 0.2) is 5.96 Å². The minimum atomic E-state index is 0. The third-order valence-electron chi connectivity index (χ3n) is 5.52. The van der Waals surface area contributed by atoms with Crippen molar-refractivity contribution in [2.24, 2.45) is 16.3 Å². The molecule has 164 valence electrons. The van der Waals surface area contributed by atoms with E-state index in [4.69, 9.17) is 9.73 Å². The van der Waals surface area contributed by atoms with Crippen LogP contribution in [0.3, 0.4) is 0 Å². The summed E-state index contributed by atoms with van der Waals surface area (Å²) >= 11 is 0. The van der Waals surface area contributed by atoms with E-state index in [-0.39, 0.29) is 35.5 Å². The van der Waals surface area contributed by atoms with Gasteiger partial charge in [-0.1, -0.05) is 20.8 Å². The molecule has 0 aromatic carbocycles. The predicted octanol–water partition coefficient (Wildman–Crippen LogP) is 3.02. The van der Waals surface area contributed by atoms with Gasteiger partial charge in [-0.2, -0.15) is 0 Å². The Morgan fingerprint density at radius 3 is 2.52 bits per heavy atom. The van der Waals surface area contributed by atoms with E-state index < -0.39 is 0 Å². The van der Waals surface area contributed by atoms with Gasteiger partial charge in [0.25, 0.3) is 0 Å². The maximum absolute atomic E-state index is 6.13. The van der Waals surface area contributed by atoms with E-state index >= 15 is 0 Å². The van der Waals surface area contributed by atoms with Crippen molar-refractivity contribution in [1.82, 2.24) is 20.2 Å². The molecule has 2 aliphatic heterocycles. The summed E-state index contributed by atoms with van der Waals surface area (Å²) in [6.45, 7) is 15.2. The van der Waals surface area contributed by atoms with Gasteiger partial charge in [0.05, 0.1) is 6.10 Å². The van der Waals surface area contributed by atoms with Crippen LogP contribution in [0.15, 0.2) is 23.5 Å². The van der Waals surface area contributed by atoms with Crippen LogP contribution < -0.4 is 10.2 Å². The van der Waals surface area contributed by atoms with Crippen LogP contribution in [0.4, 0.5) is 5.95 Å². The summed E-state index contributed by atoms with van der Waals surface area (Å²) in [6, 6.07) is 1.86. The molecule has 2 atom stereocenters. The van der Waals surface area contributed by atoms with Gasteiger partial charge in [-0.15, -0.1) is 24.0 Å². The molecule has 7 nitrogen and oxygen atoms in total. The molecule has 2 unspecified atom stereocenters. The lowest BCUT2D eigenvalue weighted by atomic mass is 9.78. The van der Waals surface area contributed by atoms with Crippen LogP contribution in [-0.2, 0) is 4.74 Å². The molecule has 1 aromatic heterocycles. The Hall–Kier alpha value is -1.16. The number of rotatable bonds is 4. The lowest BCUT2D eigenvalue weighted by molar-refractivity contribution is -0.0824. The van der Waals surface area contributed by atoms with Crippen molar-refractivity contribution in [3.8, 4) is 0 Å². The number of nitrogens with zero attached hydrogens (tertiary/aromatic N) is 5. The summed E-state index contributed by atoms with van der Waals surface area (Å²) in [6.07, 6.45) is 6.22. The van der Waals surface area contributed by atoms with Gasteiger partial charge in [-0.3, -0.25) is 4.99 Å². The van der Waals surface area contributed by atoms with Crippen molar-refractivity contribution in [1.29, 1.82) is 0 Å². The van der Waals surface area contributed by atoms with Crippen LogP contribution in [0.25, 0.3) is 0 Å². The summed E-state index contributed by atoms with van der Waals surface area (Å²) in [5.41, 5.74) is 0.153. The fourth-order valence-corrected chi connectivity index (χ4v) is 4.19. The normalized spacial score (nSPS) is 23.5. The number of aromatic nitrogens is 2. The molecule has 0 bridgehead atoms. The molecule has 2 aliphatic rings. The molecular weight excluding hydrogens is 479 g/mol. The molecule has 2 saturated heterocycles. The molecule has 0 spiro atoms. The Kier molecular flexibility index (Phi) is 9.39. The zero-order valence-corrected chi connectivity index (χ0v) is 20.6. The Morgan fingerprint density at radius 2 is 1.90 bits per heavy atom. The molecule has 1 N–H and O–H groups in total. The van der Waals surface area contributed by atoms with E-state index in [1.807, 2.05) is 6.07 Å².